The quantitative estimate of drug-likeness (QED) is 0.158. The summed E-state index contributed by atoms with van der Waals surface area (Å²) in [5, 5.41) is 2.67. The largest absolute Gasteiger partial charge is 0.208 e. The Balaban J connectivity index is 1.32. The number of rotatable bonds is 6. The van der Waals surface area contributed by atoms with Gasteiger partial charge in [0.2, 0.25) is 0 Å². The zero-order valence-corrected chi connectivity index (χ0v) is 37.5. The second kappa shape index (κ2) is 15.5. The van der Waals surface area contributed by atoms with Crippen molar-refractivity contribution in [2.45, 2.75) is 0 Å². The molecule has 0 N–H and O–H groups in total. The van der Waals surface area contributed by atoms with Crippen molar-refractivity contribution in [3.8, 4) is 67.5 Å². The van der Waals surface area contributed by atoms with E-state index in [1.165, 1.54) is 103 Å². The van der Waals surface area contributed by atoms with Crippen LogP contribution in [0.15, 0.2) is 109 Å². The van der Waals surface area contributed by atoms with Crippen LogP contribution in [0, 0.1) is 0 Å². The fourth-order valence-electron chi connectivity index (χ4n) is 9.30. The fraction of sp³-hybridized carbons (Fsp3) is 0. The van der Waals surface area contributed by atoms with Crippen LogP contribution in [0.4, 0.5) is 0 Å². The highest BCUT2D eigenvalue weighted by molar-refractivity contribution is 7.28. The van der Waals surface area contributed by atoms with Gasteiger partial charge in [-0.3, -0.25) is 0 Å². The number of hydrogen-bond acceptors (Lipinski definition) is 4. The first-order valence-electron chi connectivity index (χ1n) is 21.0. The lowest BCUT2D eigenvalue weighted by Gasteiger charge is -2.25. The summed E-state index contributed by atoms with van der Waals surface area (Å²) in [5.41, 5.74) is 25.1. The lowest BCUT2D eigenvalue weighted by atomic mass is 9.58. The first kappa shape index (κ1) is 39.9. The molecular weight excluding hydrogens is 734 g/mol. The first-order chi connectivity index (χ1) is 28.8. The van der Waals surface area contributed by atoms with E-state index in [4.69, 9.17) is 15.0 Å². The van der Waals surface area contributed by atoms with E-state index >= 15 is 0 Å². The van der Waals surface area contributed by atoms with Gasteiger partial charge in [-0.2, -0.15) is 0 Å². The standard InChI is InChI=1S/C45H40B11N3S/c46-30-28-26-25(27-32(48)35(51)38(54)36(52)33(27)49)31(47)37(53)40(56)41(26)60-42(28)39(55)34(50)29(30)45-58-43(23-15-11-21(12-16-23)19-7-3-1-4-8-19)57-44(59-45)24-17-13-22(14-18-24)20-9-5-2-6-10-20/h1-18H,46-56H2. The van der Waals surface area contributed by atoms with Gasteiger partial charge >= 0.3 is 0 Å². The average molecular weight is 774 g/mol. The molecule has 0 aliphatic carbocycles. The molecule has 0 spiro atoms. The first-order valence-corrected chi connectivity index (χ1v) is 21.8. The monoisotopic (exact) mass is 775 g/mol. The summed E-state index contributed by atoms with van der Waals surface area (Å²) < 4.78 is 2.71. The summed E-state index contributed by atoms with van der Waals surface area (Å²) in [6, 6.07) is 38.2. The lowest BCUT2D eigenvalue weighted by molar-refractivity contribution is 1.08. The maximum absolute atomic E-state index is 5.37. The zero-order chi connectivity index (χ0) is 42.1. The molecule has 0 radical (unpaired) electrons. The molecule has 0 aliphatic heterocycles. The minimum atomic E-state index is 0.660. The highest BCUT2D eigenvalue weighted by Gasteiger charge is 2.26. The molecule has 274 valence electrons. The molecule has 0 unspecified atom stereocenters. The van der Waals surface area contributed by atoms with Crippen LogP contribution < -0.4 is 60.1 Å². The zero-order valence-electron chi connectivity index (χ0n) is 36.6. The molecule has 0 atom stereocenters. The van der Waals surface area contributed by atoms with Crippen molar-refractivity contribution in [3.05, 3.63) is 109 Å². The molecule has 9 rings (SSSR count). The molecule has 15 heteroatoms. The van der Waals surface area contributed by atoms with Crippen LogP contribution >= 0.6 is 11.3 Å². The Bertz CT molecular complexity index is 3060. The lowest BCUT2D eigenvalue weighted by Crippen LogP contribution is -2.56. The van der Waals surface area contributed by atoms with E-state index in [0.29, 0.717) is 17.5 Å². The summed E-state index contributed by atoms with van der Waals surface area (Å²) in [6.45, 7) is 0. The van der Waals surface area contributed by atoms with Crippen LogP contribution in [0.2, 0.25) is 0 Å². The summed E-state index contributed by atoms with van der Waals surface area (Å²) in [4.78, 5) is 15.9. The van der Waals surface area contributed by atoms with E-state index in [1.807, 2.05) is 11.3 Å². The Hall–Kier alpha value is -5.52. The molecule has 0 fully saturated rings. The maximum atomic E-state index is 5.37. The summed E-state index contributed by atoms with van der Waals surface area (Å²) in [7, 11) is 25.3. The van der Waals surface area contributed by atoms with E-state index in [-0.39, 0.29) is 0 Å². The van der Waals surface area contributed by atoms with Gasteiger partial charge in [-0.05, 0) is 38.8 Å². The van der Waals surface area contributed by atoms with Crippen LogP contribution in [0.25, 0.3) is 87.7 Å². The topological polar surface area (TPSA) is 38.7 Å². The van der Waals surface area contributed by atoms with E-state index < -0.39 is 0 Å². The van der Waals surface area contributed by atoms with E-state index in [1.54, 1.807) is 0 Å². The van der Waals surface area contributed by atoms with Crippen molar-refractivity contribution in [1.82, 2.24) is 15.0 Å². The predicted molar refractivity (Wildman–Crippen MR) is 295 cm³/mol. The van der Waals surface area contributed by atoms with Crippen molar-refractivity contribution < 1.29 is 0 Å². The summed E-state index contributed by atoms with van der Waals surface area (Å²) in [6.07, 6.45) is 0. The minimum Gasteiger partial charge on any atom is -0.208 e. The number of aromatic nitrogens is 3. The number of fused-ring (bicyclic) bond motifs is 3. The van der Waals surface area contributed by atoms with Gasteiger partial charge in [-0.15, -0.1) is 27.7 Å². The van der Waals surface area contributed by atoms with E-state index in [9.17, 15) is 0 Å². The SMILES string of the molecule is Bc1c(B)c(B)c(-c2c(B)c(B)c(B)c3sc4c(B)c(B)c(-c5nc(-c6ccc(-c7ccccc7)cc6)nc(-c6ccc(-c7ccccc7)cc6)n5)c(B)c4c23)c(B)c1B. The molecular formula is C45H40B11N3S. The second-order valence-corrected chi connectivity index (χ2v) is 17.7. The molecule has 0 aliphatic rings. The predicted octanol–water partition coefficient (Wildman–Crippen LogP) is -6.92. The maximum Gasteiger partial charge on any atom is 0.164 e. The van der Waals surface area contributed by atoms with Crippen LogP contribution in [0.3, 0.4) is 0 Å². The third kappa shape index (κ3) is 6.48. The molecule has 2 aromatic heterocycles. The minimum absolute atomic E-state index is 0.660. The highest BCUT2D eigenvalue weighted by Crippen LogP contribution is 2.37. The van der Waals surface area contributed by atoms with Crippen LogP contribution in [0.5, 0.6) is 0 Å². The molecule has 0 saturated carbocycles. The van der Waals surface area contributed by atoms with Crippen LogP contribution in [0.1, 0.15) is 0 Å². The Kier molecular flexibility index (Phi) is 10.3. The molecule has 60 heavy (non-hydrogen) atoms. The van der Waals surface area contributed by atoms with Gasteiger partial charge in [0.1, 0.15) is 86.3 Å². The van der Waals surface area contributed by atoms with Crippen molar-refractivity contribution in [2.24, 2.45) is 0 Å². The third-order valence-corrected chi connectivity index (χ3v) is 15.1. The Morgan fingerprint density at radius 2 is 0.600 bits per heavy atom. The van der Waals surface area contributed by atoms with Gasteiger partial charge in [0, 0.05) is 31.5 Å². The van der Waals surface area contributed by atoms with Crippen molar-refractivity contribution >= 4 is 178 Å². The van der Waals surface area contributed by atoms with Crippen LogP contribution in [-0.2, 0) is 0 Å². The van der Waals surface area contributed by atoms with Gasteiger partial charge in [0.05, 0.1) is 0 Å². The van der Waals surface area contributed by atoms with Crippen molar-refractivity contribution in [2.75, 3.05) is 0 Å². The highest BCUT2D eigenvalue weighted by atomic mass is 32.1. The molecule has 0 bridgehead atoms. The smallest absolute Gasteiger partial charge is 0.164 e. The fourth-order valence-corrected chi connectivity index (χ4v) is 10.8. The van der Waals surface area contributed by atoms with Gasteiger partial charge < -0.3 is 0 Å². The second-order valence-electron chi connectivity index (χ2n) is 16.7. The number of hydrogen-bond donors (Lipinski definition) is 0. The Labute approximate surface area is 367 Å². The summed E-state index contributed by atoms with van der Waals surface area (Å²) >= 11 is 1.95. The molecule has 7 aromatic carbocycles. The molecule has 3 nitrogen and oxygen atoms in total. The normalized spacial score (nSPS) is 11.4. The van der Waals surface area contributed by atoms with Crippen LogP contribution in [-0.4, -0.2) is 101 Å². The molecule has 0 saturated heterocycles. The molecule has 2 heterocycles. The number of thiophene rings is 1. The Morgan fingerprint density at radius 1 is 0.267 bits per heavy atom. The van der Waals surface area contributed by atoms with Gasteiger partial charge in [-0.1, -0.05) is 153 Å². The van der Waals surface area contributed by atoms with Crippen molar-refractivity contribution in [1.29, 1.82) is 0 Å². The number of benzene rings is 7. The van der Waals surface area contributed by atoms with E-state index in [0.717, 1.165) is 27.8 Å². The average Bonchev–Trinajstić information content (AvgIpc) is 3.69. The number of nitrogens with zero attached hydrogens (tertiary/aromatic N) is 3. The van der Waals surface area contributed by atoms with Gasteiger partial charge in [-0.25, -0.2) is 15.0 Å². The van der Waals surface area contributed by atoms with Crippen molar-refractivity contribution in [3.63, 3.8) is 0 Å². The third-order valence-electron chi connectivity index (χ3n) is 13.6. The summed E-state index contributed by atoms with van der Waals surface area (Å²) in [5.74, 6) is 2.02. The molecule has 0 amide bonds. The molecule has 9 aromatic rings. The van der Waals surface area contributed by atoms with Gasteiger partial charge in [0.15, 0.2) is 17.5 Å². The van der Waals surface area contributed by atoms with E-state index in [2.05, 4.69) is 196 Å². The Morgan fingerprint density at radius 3 is 1.08 bits per heavy atom. The van der Waals surface area contributed by atoms with Gasteiger partial charge in [0.25, 0.3) is 0 Å².